The number of cyclic esters (lactones) is 2. The maximum absolute atomic E-state index is 13.6. The van der Waals surface area contributed by atoms with Crippen molar-refractivity contribution >= 4 is 29.8 Å². The normalized spacial score (nSPS) is 56.9. The highest BCUT2D eigenvalue weighted by Gasteiger charge is 2.75. The van der Waals surface area contributed by atoms with Crippen LogP contribution >= 0.6 is 0 Å². The van der Waals surface area contributed by atoms with Crippen LogP contribution in [-0.2, 0) is 57.1 Å². The lowest BCUT2D eigenvalue weighted by Gasteiger charge is -2.47. The smallest absolute Gasteiger partial charge is 0.317 e. The second-order valence-electron chi connectivity index (χ2n) is 24.4. The van der Waals surface area contributed by atoms with Gasteiger partial charge in [-0.15, -0.1) is 0 Å². The molecule has 4 aliphatic carbocycles. The molecule has 0 aromatic carbocycles. The van der Waals surface area contributed by atoms with Gasteiger partial charge in [0, 0.05) is 11.8 Å². The maximum atomic E-state index is 13.6. The minimum absolute atomic E-state index is 0.0295. The van der Waals surface area contributed by atoms with Crippen LogP contribution in [0.2, 0.25) is 0 Å². The van der Waals surface area contributed by atoms with Crippen LogP contribution in [0.15, 0.2) is 0 Å². The molecule has 0 spiro atoms. The molecule has 0 amide bonds. The summed E-state index contributed by atoms with van der Waals surface area (Å²) in [7, 11) is 0. The number of carboxylic acid groups (broad SMARTS) is 1. The van der Waals surface area contributed by atoms with Crippen LogP contribution < -0.4 is 0 Å². The molecule has 9 saturated heterocycles. The number of ether oxygens (including phenoxy) is 7. The molecular formula is C50H66O14. The van der Waals surface area contributed by atoms with Gasteiger partial charge in [0.2, 0.25) is 0 Å². The van der Waals surface area contributed by atoms with Crippen LogP contribution in [0.5, 0.6) is 0 Å². The molecule has 29 unspecified atom stereocenters. The summed E-state index contributed by atoms with van der Waals surface area (Å²) < 4.78 is 44.9. The zero-order chi connectivity index (χ0) is 44.2. The Hall–Kier alpha value is -2.65. The summed E-state index contributed by atoms with van der Waals surface area (Å²) in [6.07, 6.45) is 5.77. The SMILES string of the molecule is CC1C(=O)OC(=O)C1CC1C(CC2C(CC3C(C)C4OC3C3C5CC(CC5C(=O)OC(C)(C)C)C43)C3OC2C2C4OC(CC4C(=O)OCCO)C32)C2OC1C1C3CC(CC3C(=O)O)C21. The number of hydrogen-bond acceptors (Lipinski definition) is 13. The van der Waals surface area contributed by atoms with Gasteiger partial charge in [0.1, 0.15) is 12.2 Å². The third-order valence-corrected chi connectivity index (χ3v) is 21.1. The number of rotatable bonds is 11. The molecule has 9 aliphatic heterocycles. The minimum Gasteiger partial charge on any atom is -0.481 e. The summed E-state index contributed by atoms with van der Waals surface area (Å²) in [5.74, 6) is -0.477. The third kappa shape index (κ3) is 5.58. The topological polar surface area (TPSA) is 190 Å². The lowest BCUT2D eigenvalue weighted by molar-refractivity contribution is -0.163. The van der Waals surface area contributed by atoms with Crippen molar-refractivity contribution in [3.8, 4) is 0 Å². The number of carbonyl (C=O) groups excluding carboxylic acids is 4. The van der Waals surface area contributed by atoms with Gasteiger partial charge in [-0.25, -0.2) is 0 Å². The van der Waals surface area contributed by atoms with Gasteiger partial charge in [-0.1, -0.05) is 13.8 Å². The lowest BCUT2D eigenvalue weighted by atomic mass is 9.54. The Bertz CT molecular complexity index is 2020. The average molecular weight is 891 g/mol. The first-order valence-corrected chi connectivity index (χ1v) is 25.2. The molecule has 12 bridgehead atoms. The molecule has 2 N–H and O–H groups in total. The van der Waals surface area contributed by atoms with Gasteiger partial charge in [0.05, 0.1) is 85.0 Å². The first-order valence-electron chi connectivity index (χ1n) is 25.2. The molecule has 14 heteroatoms. The Labute approximate surface area is 374 Å². The predicted molar refractivity (Wildman–Crippen MR) is 219 cm³/mol. The van der Waals surface area contributed by atoms with E-state index >= 15 is 0 Å². The monoisotopic (exact) mass is 890 g/mol. The number of hydrogen-bond donors (Lipinski definition) is 2. The van der Waals surface area contributed by atoms with E-state index in [9.17, 15) is 34.2 Å². The van der Waals surface area contributed by atoms with E-state index in [1.807, 2.05) is 20.8 Å². The van der Waals surface area contributed by atoms with E-state index in [4.69, 9.17) is 33.2 Å². The molecule has 13 fully saturated rings. The number of carbonyl (C=O) groups is 5. The number of aliphatic hydroxyl groups excluding tert-OH is 1. The standard InChI is InChI=1S/C50H66O14/c1-16-20(39-35-23-9-19(32(35)38(16)60-39)11-29(23)49(57)64-50(3,4)5)12-24-27(43-37-36(42(24)62-43)31-15-30(44(37)59-31)47(55)58-7-6-51)14-26-25(13-21-17(2)46(54)63-48(21)56)41-34-22-8-18(10-28(22)45(52)53)33(34)40(26)61-41/h16-44,51H,6-15H2,1-5H3,(H,52,53). The van der Waals surface area contributed by atoms with Crippen LogP contribution in [0, 0.1) is 124 Å². The fourth-order valence-electron chi connectivity index (χ4n) is 19.3. The van der Waals surface area contributed by atoms with Crippen molar-refractivity contribution in [2.45, 2.75) is 140 Å². The van der Waals surface area contributed by atoms with Crippen LogP contribution in [0.4, 0.5) is 0 Å². The predicted octanol–water partition coefficient (Wildman–Crippen LogP) is 4.31. The lowest BCUT2D eigenvalue weighted by Crippen LogP contribution is -2.52. The number of fused-ring (bicyclic) bond motifs is 27. The largest absolute Gasteiger partial charge is 0.481 e. The zero-order valence-electron chi connectivity index (χ0n) is 37.6. The molecule has 13 aliphatic rings. The Morgan fingerprint density at radius 1 is 0.609 bits per heavy atom. The second kappa shape index (κ2) is 14.2. The zero-order valence-corrected chi connectivity index (χ0v) is 37.6. The van der Waals surface area contributed by atoms with Crippen molar-refractivity contribution in [1.29, 1.82) is 0 Å². The quantitative estimate of drug-likeness (QED) is 0.170. The van der Waals surface area contributed by atoms with E-state index < -0.39 is 41.3 Å². The van der Waals surface area contributed by atoms with Gasteiger partial charge in [0.25, 0.3) is 0 Å². The summed E-state index contributed by atoms with van der Waals surface area (Å²) in [5.41, 5.74) is -0.531. The van der Waals surface area contributed by atoms with Gasteiger partial charge in [-0.3, -0.25) is 24.0 Å². The summed E-state index contributed by atoms with van der Waals surface area (Å²) >= 11 is 0. The molecule has 14 nitrogen and oxygen atoms in total. The van der Waals surface area contributed by atoms with Gasteiger partial charge in [-0.2, -0.15) is 0 Å². The molecule has 350 valence electrons. The van der Waals surface area contributed by atoms with Gasteiger partial charge in [-0.05, 0) is 155 Å². The van der Waals surface area contributed by atoms with Crippen molar-refractivity contribution in [2.24, 2.45) is 124 Å². The van der Waals surface area contributed by atoms with Crippen molar-refractivity contribution < 1.29 is 67.3 Å². The fourth-order valence-corrected chi connectivity index (χ4v) is 19.3. The number of carboxylic acids is 1. The van der Waals surface area contributed by atoms with E-state index in [1.54, 1.807) is 6.92 Å². The van der Waals surface area contributed by atoms with Crippen LogP contribution in [0.25, 0.3) is 0 Å². The first kappa shape index (κ1) is 41.5. The van der Waals surface area contributed by atoms with E-state index in [1.165, 1.54) is 0 Å². The molecule has 0 aromatic rings. The fraction of sp³-hybridized carbons (Fsp3) is 0.900. The summed E-state index contributed by atoms with van der Waals surface area (Å²) in [6, 6.07) is 0. The molecule has 0 aromatic heterocycles. The van der Waals surface area contributed by atoms with Crippen molar-refractivity contribution in [2.75, 3.05) is 13.2 Å². The van der Waals surface area contributed by atoms with Gasteiger partial charge in [0.15, 0.2) is 0 Å². The van der Waals surface area contributed by atoms with Crippen molar-refractivity contribution in [3.05, 3.63) is 0 Å². The molecule has 64 heavy (non-hydrogen) atoms. The van der Waals surface area contributed by atoms with Gasteiger partial charge < -0.3 is 43.4 Å². The van der Waals surface area contributed by atoms with Crippen LogP contribution in [0.1, 0.15) is 86.0 Å². The van der Waals surface area contributed by atoms with E-state index in [0.29, 0.717) is 54.8 Å². The molecule has 29 atom stereocenters. The van der Waals surface area contributed by atoms with Crippen molar-refractivity contribution in [1.82, 2.24) is 0 Å². The molecule has 0 radical (unpaired) electrons. The highest BCUT2D eigenvalue weighted by Crippen LogP contribution is 2.72. The molecule has 4 saturated carbocycles. The Kier molecular flexibility index (Phi) is 9.22. The Morgan fingerprint density at radius 3 is 1.81 bits per heavy atom. The van der Waals surface area contributed by atoms with Gasteiger partial charge >= 0.3 is 29.8 Å². The van der Waals surface area contributed by atoms with E-state index in [0.717, 1.165) is 32.1 Å². The Balaban J connectivity index is 0.823. The highest BCUT2D eigenvalue weighted by atomic mass is 16.6. The summed E-state index contributed by atoms with van der Waals surface area (Å²) in [6.45, 7) is 9.74. The summed E-state index contributed by atoms with van der Waals surface area (Å²) in [4.78, 5) is 65.6. The first-order chi connectivity index (χ1) is 30.6. The minimum atomic E-state index is -0.723. The average Bonchev–Trinajstić information content (AvgIpc) is 4.07. The van der Waals surface area contributed by atoms with Crippen LogP contribution in [-0.4, -0.2) is 108 Å². The molecule has 9 heterocycles. The van der Waals surface area contributed by atoms with E-state index in [2.05, 4.69) is 6.92 Å². The molecular weight excluding hydrogens is 825 g/mol. The number of aliphatic carboxylic acids is 1. The number of aliphatic hydroxyl groups is 1. The van der Waals surface area contributed by atoms with Crippen LogP contribution in [0.3, 0.4) is 0 Å². The van der Waals surface area contributed by atoms with E-state index in [-0.39, 0.29) is 145 Å². The third-order valence-electron chi connectivity index (χ3n) is 21.1. The van der Waals surface area contributed by atoms with Crippen molar-refractivity contribution in [3.63, 3.8) is 0 Å². The summed E-state index contributed by atoms with van der Waals surface area (Å²) in [5, 5.41) is 19.7. The molecule has 13 rings (SSSR count). The second-order valence-corrected chi connectivity index (χ2v) is 24.4. The number of esters is 4. The Morgan fingerprint density at radius 2 is 1.17 bits per heavy atom. The maximum Gasteiger partial charge on any atom is 0.317 e. The highest BCUT2D eigenvalue weighted by molar-refractivity contribution is 5.96.